The summed E-state index contributed by atoms with van der Waals surface area (Å²) < 4.78 is 14.5. The topological polar surface area (TPSA) is 37.3 Å². The first kappa shape index (κ1) is 11.2. The molecular formula is C14H19FO2. The number of carboxylic acids is 1. The third-order valence-electron chi connectivity index (χ3n) is 5.45. The second-order valence-corrected chi connectivity index (χ2v) is 6.33. The lowest BCUT2D eigenvalue weighted by Crippen LogP contribution is -2.61. The van der Waals surface area contributed by atoms with Crippen molar-refractivity contribution >= 4 is 5.97 Å². The summed E-state index contributed by atoms with van der Waals surface area (Å²) in [6, 6.07) is 0. The van der Waals surface area contributed by atoms with Gasteiger partial charge in [0, 0.05) is 0 Å². The molecule has 4 rings (SSSR count). The summed E-state index contributed by atoms with van der Waals surface area (Å²) in [7, 11) is 0. The van der Waals surface area contributed by atoms with Gasteiger partial charge in [0.05, 0.1) is 5.41 Å². The molecule has 0 aromatic carbocycles. The SMILES string of the molecule is C=CCC1(C(=O)O)[C@@H]2CC3C[C@H]1CC(F)(C3)C2. The number of rotatable bonds is 3. The number of allylic oxidation sites excluding steroid dienone is 1. The number of hydrogen-bond donors (Lipinski definition) is 1. The maximum Gasteiger partial charge on any atom is 0.310 e. The maximum atomic E-state index is 14.5. The van der Waals surface area contributed by atoms with E-state index in [1.807, 2.05) is 0 Å². The average molecular weight is 238 g/mol. The van der Waals surface area contributed by atoms with Gasteiger partial charge in [0.2, 0.25) is 0 Å². The Kier molecular flexibility index (Phi) is 2.20. The van der Waals surface area contributed by atoms with E-state index >= 15 is 0 Å². The van der Waals surface area contributed by atoms with Crippen molar-refractivity contribution in [2.24, 2.45) is 23.2 Å². The van der Waals surface area contributed by atoms with E-state index in [2.05, 4.69) is 6.58 Å². The van der Waals surface area contributed by atoms with Gasteiger partial charge in [0.25, 0.3) is 0 Å². The fraction of sp³-hybridized carbons (Fsp3) is 0.786. The minimum absolute atomic E-state index is 0.0225. The van der Waals surface area contributed by atoms with Crippen LogP contribution in [0.2, 0.25) is 0 Å². The van der Waals surface area contributed by atoms with Crippen molar-refractivity contribution in [1.82, 2.24) is 0 Å². The largest absolute Gasteiger partial charge is 0.481 e. The van der Waals surface area contributed by atoms with Gasteiger partial charge < -0.3 is 5.11 Å². The van der Waals surface area contributed by atoms with E-state index in [0.29, 0.717) is 31.6 Å². The average Bonchev–Trinajstić information content (AvgIpc) is 2.20. The van der Waals surface area contributed by atoms with Crippen LogP contribution in [0.15, 0.2) is 12.7 Å². The zero-order chi connectivity index (χ0) is 12.3. The monoisotopic (exact) mass is 238 g/mol. The molecule has 4 saturated carbocycles. The summed E-state index contributed by atoms with van der Waals surface area (Å²) in [6.45, 7) is 3.70. The molecule has 4 aliphatic rings. The molecule has 3 heteroatoms. The van der Waals surface area contributed by atoms with Gasteiger partial charge in [-0.2, -0.15) is 0 Å². The molecule has 4 fully saturated rings. The zero-order valence-electron chi connectivity index (χ0n) is 9.99. The Morgan fingerprint density at radius 1 is 1.35 bits per heavy atom. The number of hydrogen-bond acceptors (Lipinski definition) is 1. The van der Waals surface area contributed by atoms with Crippen LogP contribution in [0.5, 0.6) is 0 Å². The quantitative estimate of drug-likeness (QED) is 0.767. The van der Waals surface area contributed by atoms with E-state index < -0.39 is 17.1 Å². The number of alkyl halides is 1. The minimum atomic E-state index is -1.06. The fourth-order valence-electron chi connectivity index (χ4n) is 5.01. The van der Waals surface area contributed by atoms with Gasteiger partial charge in [-0.25, -0.2) is 4.39 Å². The Bertz CT molecular complexity index is 360. The molecule has 0 aromatic rings. The van der Waals surface area contributed by atoms with Crippen LogP contribution in [0.25, 0.3) is 0 Å². The second-order valence-electron chi connectivity index (χ2n) is 6.33. The highest BCUT2D eigenvalue weighted by molar-refractivity contribution is 5.76. The van der Waals surface area contributed by atoms with Crippen LogP contribution in [-0.4, -0.2) is 16.7 Å². The maximum absolute atomic E-state index is 14.5. The van der Waals surface area contributed by atoms with Crippen LogP contribution < -0.4 is 0 Å². The van der Waals surface area contributed by atoms with Crippen molar-refractivity contribution in [3.63, 3.8) is 0 Å². The van der Waals surface area contributed by atoms with Crippen molar-refractivity contribution in [3.8, 4) is 0 Å². The van der Waals surface area contributed by atoms with Gasteiger partial charge in [0.15, 0.2) is 0 Å². The molecule has 1 N–H and O–H groups in total. The third-order valence-corrected chi connectivity index (χ3v) is 5.45. The molecular weight excluding hydrogens is 219 g/mol. The van der Waals surface area contributed by atoms with Crippen LogP contribution in [0.3, 0.4) is 0 Å². The molecule has 3 unspecified atom stereocenters. The predicted octanol–water partition coefficient (Wildman–Crippen LogP) is 3.18. The number of halogens is 1. The number of aliphatic carboxylic acids is 1. The molecule has 4 bridgehead atoms. The van der Waals surface area contributed by atoms with Crippen molar-refractivity contribution in [2.45, 2.75) is 44.2 Å². The first-order valence-corrected chi connectivity index (χ1v) is 6.53. The number of carboxylic acid groups (broad SMARTS) is 1. The number of carbonyl (C=O) groups is 1. The first-order valence-electron chi connectivity index (χ1n) is 6.53. The van der Waals surface area contributed by atoms with Gasteiger partial charge in [-0.3, -0.25) is 4.79 Å². The summed E-state index contributed by atoms with van der Waals surface area (Å²) >= 11 is 0. The summed E-state index contributed by atoms with van der Waals surface area (Å²) in [4.78, 5) is 11.7. The molecule has 0 aromatic heterocycles. The van der Waals surface area contributed by atoms with Crippen molar-refractivity contribution in [1.29, 1.82) is 0 Å². The molecule has 0 saturated heterocycles. The van der Waals surface area contributed by atoms with E-state index in [9.17, 15) is 14.3 Å². The fourth-order valence-corrected chi connectivity index (χ4v) is 5.01. The highest BCUT2D eigenvalue weighted by atomic mass is 19.1. The predicted molar refractivity (Wildman–Crippen MR) is 62.3 cm³/mol. The lowest BCUT2D eigenvalue weighted by atomic mass is 9.43. The van der Waals surface area contributed by atoms with Crippen LogP contribution in [0.1, 0.15) is 38.5 Å². The van der Waals surface area contributed by atoms with E-state index in [4.69, 9.17) is 0 Å². The molecule has 0 radical (unpaired) electrons. The standard InChI is InChI=1S/C14H19FO2/c1-2-3-14(12(16)17)10-4-9-5-11(14)8-13(15,6-9)7-10/h2,9-11H,1,3-8H2,(H,16,17)/t9?,10-,11+,13?,14?. The molecule has 5 atom stereocenters. The van der Waals surface area contributed by atoms with E-state index in [1.54, 1.807) is 6.08 Å². The molecule has 4 aliphatic carbocycles. The van der Waals surface area contributed by atoms with E-state index in [0.717, 1.165) is 12.8 Å². The lowest BCUT2D eigenvalue weighted by molar-refractivity contribution is -0.191. The van der Waals surface area contributed by atoms with Gasteiger partial charge >= 0.3 is 5.97 Å². The third kappa shape index (κ3) is 1.34. The van der Waals surface area contributed by atoms with E-state index in [1.165, 1.54) is 0 Å². The van der Waals surface area contributed by atoms with E-state index in [-0.39, 0.29) is 11.8 Å². The summed E-state index contributed by atoms with van der Waals surface area (Å²) in [5, 5.41) is 9.64. The molecule has 0 amide bonds. The second kappa shape index (κ2) is 3.33. The van der Waals surface area contributed by atoms with Gasteiger partial charge in [-0.15, -0.1) is 6.58 Å². The highest BCUT2D eigenvalue weighted by Gasteiger charge is 2.65. The zero-order valence-corrected chi connectivity index (χ0v) is 9.99. The van der Waals surface area contributed by atoms with Gasteiger partial charge in [-0.05, 0) is 56.3 Å². The van der Waals surface area contributed by atoms with Crippen molar-refractivity contribution in [3.05, 3.63) is 12.7 Å². The van der Waals surface area contributed by atoms with Crippen LogP contribution >= 0.6 is 0 Å². The highest BCUT2D eigenvalue weighted by Crippen LogP contribution is 2.65. The van der Waals surface area contributed by atoms with Crippen LogP contribution in [-0.2, 0) is 4.79 Å². The summed E-state index contributed by atoms with van der Waals surface area (Å²) in [5.41, 5.74) is -1.77. The van der Waals surface area contributed by atoms with Gasteiger partial charge in [0.1, 0.15) is 5.67 Å². The van der Waals surface area contributed by atoms with Crippen molar-refractivity contribution < 1.29 is 14.3 Å². The first-order chi connectivity index (χ1) is 8.00. The van der Waals surface area contributed by atoms with Crippen LogP contribution in [0, 0.1) is 23.2 Å². The lowest BCUT2D eigenvalue weighted by Gasteiger charge is -2.61. The minimum Gasteiger partial charge on any atom is -0.481 e. The Hall–Kier alpha value is -0.860. The summed E-state index contributed by atoms with van der Waals surface area (Å²) in [6.07, 6.45) is 5.61. The van der Waals surface area contributed by atoms with Crippen LogP contribution in [0.4, 0.5) is 4.39 Å². The Morgan fingerprint density at radius 2 is 1.94 bits per heavy atom. The molecule has 0 spiro atoms. The smallest absolute Gasteiger partial charge is 0.310 e. The molecule has 0 aliphatic heterocycles. The molecule has 94 valence electrons. The normalized spacial score (nSPS) is 51.5. The molecule has 0 heterocycles. The Morgan fingerprint density at radius 3 is 2.35 bits per heavy atom. The Labute approximate surface area is 101 Å². The molecule has 17 heavy (non-hydrogen) atoms. The summed E-state index contributed by atoms with van der Waals surface area (Å²) in [5.74, 6) is -0.256. The van der Waals surface area contributed by atoms with Gasteiger partial charge in [-0.1, -0.05) is 6.08 Å². The molecule has 2 nitrogen and oxygen atoms in total. The van der Waals surface area contributed by atoms with Crippen molar-refractivity contribution in [2.75, 3.05) is 0 Å². The Balaban J connectivity index is 2.02.